The van der Waals surface area contributed by atoms with E-state index in [9.17, 15) is 9.90 Å². The zero-order chi connectivity index (χ0) is 15.8. The highest BCUT2D eigenvalue weighted by atomic mass is 16.5. The van der Waals surface area contributed by atoms with Crippen molar-refractivity contribution < 1.29 is 19.4 Å². The van der Waals surface area contributed by atoms with Crippen molar-refractivity contribution in [3.8, 4) is 5.75 Å². The molecule has 2 unspecified atom stereocenters. The van der Waals surface area contributed by atoms with Gasteiger partial charge in [0.25, 0.3) is 0 Å². The molecule has 0 aromatic heterocycles. The fourth-order valence-corrected chi connectivity index (χ4v) is 2.26. The lowest BCUT2D eigenvalue weighted by Crippen LogP contribution is -2.23. The van der Waals surface area contributed by atoms with Crippen LogP contribution in [-0.4, -0.2) is 24.3 Å². The molecule has 0 bridgehead atoms. The van der Waals surface area contributed by atoms with Crippen LogP contribution in [0.5, 0.6) is 5.75 Å². The molecule has 4 nitrogen and oxygen atoms in total. The number of methoxy groups -OCH3 is 1. The third kappa shape index (κ3) is 5.38. The summed E-state index contributed by atoms with van der Waals surface area (Å²) in [5, 5.41) is 10.5. The van der Waals surface area contributed by atoms with Gasteiger partial charge in [-0.2, -0.15) is 0 Å². The highest BCUT2D eigenvalue weighted by molar-refractivity contribution is 5.73. The number of benzene rings is 1. The lowest BCUT2D eigenvalue weighted by molar-refractivity contribution is -0.150. The molecule has 0 fully saturated rings. The molecule has 0 amide bonds. The maximum Gasteiger partial charge on any atom is 0.311 e. The second kappa shape index (κ2) is 8.67. The van der Waals surface area contributed by atoms with Crippen molar-refractivity contribution in [2.45, 2.75) is 52.2 Å². The second-order valence-electron chi connectivity index (χ2n) is 5.46. The predicted octanol–water partition coefficient (Wildman–Crippen LogP) is 3.49. The van der Waals surface area contributed by atoms with Crippen LogP contribution < -0.4 is 4.74 Å². The van der Waals surface area contributed by atoms with Crippen LogP contribution in [0.3, 0.4) is 0 Å². The molecule has 1 N–H and O–H groups in total. The maximum absolute atomic E-state index is 11.9. The van der Waals surface area contributed by atoms with Crippen molar-refractivity contribution in [1.82, 2.24) is 0 Å². The summed E-state index contributed by atoms with van der Waals surface area (Å²) in [5.74, 6) is -0.212. The third-order valence-corrected chi connectivity index (χ3v) is 3.33. The normalized spacial score (nSPS) is 13.8. The van der Waals surface area contributed by atoms with Crippen molar-refractivity contribution in [3.63, 3.8) is 0 Å². The van der Waals surface area contributed by atoms with Crippen LogP contribution in [-0.2, 0) is 9.53 Å². The zero-order valence-electron chi connectivity index (χ0n) is 13.3. The van der Waals surface area contributed by atoms with Crippen molar-refractivity contribution in [1.29, 1.82) is 0 Å². The van der Waals surface area contributed by atoms with E-state index in [-0.39, 0.29) is 12.1 Å². The van der Waals surface area contributed by atoms with Gasteiger partial charge in [0.05, 0.1) is 25.2 Å². The van der Waals surface area contributed by atoms with Gasteiger partial charge in [-0.25, -0.2) is 0 Å². The molecule has 0 saturated carbocycles. The molecule has 0 aliphatic carbocycles. The number of rotatable bonds is 8. The summed E-state index contributed by atoms with van der Waals surface area (Å²) in [6.07, 6.45) is 1.64. The molecule has 21 heavy (non-hydrogen) atoms. The fourth-order valence-electron chi connectivity index (χ4n) is 2.26. The molecule has 0 aliphatic heterocycles. The highest BCUT2D eigenvalue weighted by Gasteiger charge is 2.28. The molecule has 1 rings (SSSR count). The van der Waals surface area contributed by atoms with Crippen molar-refractivity contribution in [2.24, 2.45) is 5.92 Å². The average Bonchev–Trinajstić information content (AvgIpc) is 2.46. The fraction of sp³-hybridized carbons (Fsp3) is 0.588. The van der Waals surface area contributed by atoms with E-state index in [1.54, 1.807) is 12.1 Å². The zero-order valence-corrected chi connectivity index (χ0v) is 13.3. The number of esters is 1. The summed E-state index contributed by atoms with van der Waals surface area (Å²) >= 11 is 0. The van der Waals surface area contributed by atoms with Gasteiger partial charge in [-0.15, -0.1) is 0 Å². The van der Waals surface area contributed by atoms with E-state index in [2.05, 4.69) is 6.92 Å². The predicted molar refractivity (Wildman–Crippen MR) is 82.2 cm³/mol. The molecule has 0 radical (unpaired) electrons. The Morgan fingerprint density at radius 3 is 2.62 bits per heavy atom. The van der Waals surface area contributed by atoms with Crippen LogP contribution in [0.4, 0.5) is 0 Å². The Morgan fingerprint density at radius 2 is 2.05 bits per heavy atom. The maximum atomic E-state index is 11.9. The average molecular weight is 294 g/mol. The summed E-state index contributed by atoms with van der Waals surface area (Å²) in [4.78, 5) is 11.9. The van der Waals surface area contributed by atoms with E-state index in [1.807, 2.05) is 26.0 Å². The molecule has 0 saturated heterocycles. The number of ether oxygens (including phenoxy) is 2. The number of aliphatic hydroxyl groups excluding tert-OH is 1. The number of hydrogen-bond donors (Lipinski definition) is 1. The van der Waals surface area contributed by atoms with Gasteiger partial charge >= 0.3 is 5.97 Å². The summed E-state index contributed by atoms with van der Waals surface area (Å²) in [5.41, 5.74) is 0.680. The minimum Gasteiger partial charge on any atom is -0.491 e. The van der Waals surface area contributed by atoms with E-state index in [4.69, 9.17) is 9.47 Å². The van der Waals surface area contributed by atoms with Crippen LogP contribution in [0.1, 0.15) is 51.7 Å². The molecule has 2 atom stereocenters. The van der Waals surface area contributed by atoms with Crippen molar-refractivity contribution in [2.75, 3.05) is 7.11 Å². The van der Waals surface area contributed by atoms with Crippen molar-refractivity contribution >= 4 is 5.97 Å². The Labute approximate surface area is 127 Å². The first kappa shape index (κ1) is 17.5. The second-order valence-corrected chi connectivity index (χ2v) is 5.46. The minimum absolute atomic E-state index is 0.0638. The van der Waals surface area contributed by atoms with Crippen LogP contribution in [0.15, 0.2) is 24.3 Å². The van der Waals surface area contributed by atoms with E-state index in [0.29, 0.717) is 17.7 Å². The monoisotopic (exact) mass is 294 g/mol. The molecule has 4 heteroatoms. The Bertz CT molecular complexity index is 442. The standard InChI is InChI=1S/C17H26O4/c1-5-6-10-15(17(19)20-4)16(18)13-8-7-9-14(11-13)21-12(2)3/h7-9,11-12,15-16,18H,5-6,10H2,1-4H3. The van der Waals surface area contributed by atoms with Gasteiger partial charge in [-0.05, 0) is 38.0 Å². The van der Waals surface area contributed by atoms with E-state index >= 15 is 0 Å². The van der Waals surface area contributed by atoms with E-state index < -0.39 is 12.0 Å². The lowest BCUT2D eigenvalue weighted by Gasteiger charge is -2.21. The summed E-state index contributed by atoms with van der Waals surface area (Å²) in [7, 11) is 1.35. The molecule has 0 spiro atoms. The SMILES string of the molecule is CCCCC(C(=O)OC)C(O)c1cccc(OC(C)C)c1. The van der Waals surface area contributed by atoms with E-state index in [1.165, 1.54) is 7.11 Å². The first-order valence-electron chi connectivity index (χ1n) is 7.52. The molecule has 0 heterocycles. The van der Waals surface area contributed by atoms with Gasteiger partial charge in [-0.1, -0.05) is 31.9 Å². The largest absolute Gasteiger partial charge is 0.491 e. The van der Waals surface area contributed by atoms with Crippen LogP contribution in [0.25, 0.3) is 0 Å². The molecular formula is C17H26O4. The van der Waals surface area contributed by atoms with Gasteiger partial charge in [-0.3, -0.25) is 4.79 Å². The van der Waals surface area contributed by atoms with Crippen LogP contribution in [0, 0.1) is 5.92 Å². The Hall–Kier alpha value is -1.55. The smallest absolute Gasteiger partial charge is 0.311 e. The van der Waals surface area contributed by atoms with Crippen LogP contribution in [0.2, 0.25) is 0 Å². The number of aliphatic hydroxyl groups is 1. The highest BCUT2D eigenvalue weighted by Crippen LogP contribution is 2.29. The number of carbonyl (C=O) groups is 1. The number of hydrogen-bond acceptors (Lipinski definition) is 4. The van der Waals surface area contributed by atoms with Gasteiger partial charge in [0.15, 0.2) is 0 Å². The summed E-state index contributed by atoms with van der Waals surface area (Å²) < 4.78 is 10.4. The Morgan fingerprint density at radius 1 is 1.33 bits per heavy atom. The number of unbranched alkanes of at least 4 members (excludes halogenated alkanes) is 1. The summed E-state index contributed by atoms with van der Waals surface area (Å²) in [6, 6.07) is 7.26. The quantitative estimate of drug-likeness (QED) is 0.746. The Balaban J connectivity index is 2.91. The molecule has 1 aromatic rings. The number of carbonyl (C=O) groups excluding carboxylic acids is 1. The van der Waals surface area contributed by atoms with E-state index in [0.717, 1.165) is 12.8 Å². The molecular weight excluding hydrogens is 268 g/mol. The van der Waals surface area contributed by atoms with Gasteiger partial charge in [0.2, 0.25) is 0 Å². The van der Waals surface area contributed by atoms with Gasteiger partial charge < -0.3 is 14.6 Å². The lowest BCUT2D eigenvalue weighted by atomic mass is 9.91. The van der Waals surface area contributed by atoms with Crippen LogP contribution >= 0.6 is 0 Å². The minimum atomic E-state index is -0.875. The van der Waals surface area contributed by atoms with Crippen molar-refractivity contribution in [3.05, 3.63) is 29.8 Å². The summed E-state index contributed by atoms with van der Waals surface area (Å²) in [6.45, 7) is 5.95. The molecule has 0 aliphatic rings. The Kier molecular flexibility index (Phi) is 7.23. The molecule has 1 aromatic carbocycles. The van der Waals surface area contributed by atoms with Gasteiger partial charge in [0.1, 0.15) is 5.75 Å². The molecule has 118 valence electrons. The first-order chi connectivity index (χ1) is 9.99. The van der Waals surface area contributed by atoms with Gasteiger partial charge in [0, 0.05) is 0 Å². The third-order valence-electron chi connectivity index (χ3n) is 3.33. The topological polar surface area (TPSA) is 55.8 Å². The first-order valence-corrected chi connectivity index (χ1v) is 7.52.